The van der Waals surface area contributed by atoms with Crippen molar-refractivity contribution < 1.29 is 32.0 Å². The number of furan rings is 1. The van der Waals surface area contributed by atoms with Gasteiger partial charge in [0.2, 0.25) is 0 Å². The molecule has 2 aromatic heterocycles. The second-order valence-corrected chi connectivity index (χ2v) is 14.4. The smallest absolute Gasteiger partial charge is 0.329 e. The lowest BCUT2D eigenvalue weighted by Gasteiger charge is -2.29. The lowest BCUT2D eigenvalue weighted by Crippen LogP contribution is -2.43. The highest BCUT2D eigenvalue weighted by Gasteiger charge is 2.30. The Kier molecular flexibility index (Phi) is 8.47. The van der Waals surface area contributed by atoms with Crippen LogP contribution in [0.15, 0.2) is 113 Å². The van der Waals surface area contributed by atoms with Crippen molar-refractivity contribution in [3.8, 4) is 0 Å². The molecule has 1 aliphatic rings. The molecule has 7 rings (SSSR count). The van der Waals surface area contributed by atoms with Gasteiger partial charge >= 0.3 is 5.97 Å². The van der Waals surface area contributed by atoms with Crippen molar-refractivity contribution in [2.45, 2.75) is 37.2 Å². The van der Waals surface area contributed by atoms with E-state index in [0.717, 1.165) is 28.3 Å². The van der Waals surface area contributed by atoms with Gasteiger partial charge in [0.1, 0.15) is 18.2 Å². The summed E-state index contributed by atoms with van der Waals surface area (Å²) in [5, 5.41) is 4.43. The Labute approximate surface area is 286 Å². The molecule has 1 atom stereocenters. The quantitative estimate of drug-likeness (QED) is 0.180. The van der Waals surface area contributed by atoms with Gasteiger partial charge in [-0.15, -0.1) is 0 Å². The largest absolute Gasteiger partial charge is 0.464 e. The van der Waals surface area contributed by atoms with E-state index in [1.54, 1.807) is 53.8 Å². The molecule has 10 nitrogen and oxygen atoms in total. The summed E-state index contributed by atoms with van der Waals surface area (Å²) in [6, 6.07) is 24.8. The highest BCUT2D eigenvalue weighted by Crippen LogP contribution is 2.35. The van der Waals surface area contributed by atoms with Crippen LogP contribution in [0.1, 0.15) is 37.4 Å². The molecule has 49 heavy (non-hydrogen) atoms. The van der Waals surface area contributed by atoms with E-state index >= 15 is 0 Å². The number of halogens is 1. The number of benzene rings is 4. The first-order chi connectivity index (χ1) is 23.5. The Hall–Kier alpha value is -5.39. The fraction of sp³-hybridized carbons (Fsp3) is 0.162. The Bertz CT molecular complexity index is 2370. The summed E-state index contributed by atoms with van der Waals surface area (Å²) < 4.78 is 37.4. The number of esters is 1. The number of carbonyl (C=O) groups excluding carboxylic acids is 3. The summed E-state index contributed by atoms with van der Waals surface area (Å²) >= 11 is 6.78. The molecule has 0 fully saturated rings. The Morgan fingerprint density at radius 3 is 2.55 bits per heavy atom. The Balaban J connectivity index is 1.15. The van der Waals surface area contributed by atoms with E-state index in [0.29, 0.717) is 22.1 Å². The molecule has 1 N–H and O–H groups in total. The predicted molar refractivity (Wildman–Crippen MR) is 184 cm³/mol. The van der Waals surface area contributed by atoms with Gasteiger partial charge in [-0.05, 0) is 59.2 Å². The van der Waals surface area contributed by atoms with E-state index in [1.807, 2.05) is 47.0 Å². The number of hydrogen-bond donors (Lipinski definition) is 1. The molecule has 0 aliphatic carbocycles. The lowest BCUT2D eigenvalue weighted by molar-refractivity contribution is -0.147. The molecule has 248 valence electrons. The molecule has 12 heteroatoms. The third-order valence-corrected chi connectivity index (χ3v) is 9.97. The van der Waals surface area contributed by atoms with Crippen LogP contribution in [0.3, 0.4) is 0 Å². The van der Waals surface area contributed by atoms with Gasteiger partial charge in [0, 0.05) is 41.8 Å². The summed E-state index contributed by atoms with van der Waals surface area (Å²) in [4.78, 5) is 42.8. The van der Waals surface area contributed by atoms with Gasteiger partial charge in [-0.3, -0.25) is 9.59 Å². The van der Waals surface area contributed by atoms with Gasteiger partial charge in [0.05, 0.1) is 33.9 Å². The number of aromatic nitrogens is 1. The number of hydrogen-bond acceptors (Lipinski definition) is 7. The molecule has 1 aliphatic heterocycles. The Morgan fingerprint density at radius 1 is 0.959 bits per heavy atom. The molecule has 2 amide bonds. The first-order valence-corrected chi connectivity index (χ1v) is 17.7. The van der Waals surface area contributed by atoms with Crippen molar-refractivity contribution in [1.29, 1.82) is 0 Å². The standard InChI is InChI=1S/C37H30ClN3O7S/c1-49(45,46)28-9-5-8-24(16-28)17-31(37(44)48-21-23-6-3-2-4-7-23)39-35(42)33-29-12-14-40-22-41(20-27(34(29)40)18-30(33)38)36(43)26-11-10-25-13-15-47-32(25)19-26/h2-16,18-19,31H,17,20-22H2,1H3,(H,39,42). The minimum absolute atomic E-state index is 0.0113. The second kappa shape index (κ2) is 12.9. The summed E-state index contributed by atoms with van der Waals surface area (Å²) in [6.45, 7) is 0.504. The van der Waals surface area contributed by atoms with Crippen molar-refractivity contribution in [3.05, 3.63) is 136 Å². The van der Waals surface area contributed by atoms with Crippen LogP contribution >= 0.6 is 11.6 Å². The molecule has 1 unspecified atom stereocenters. The zero-order chi connectivity index (χ0) is 34.3. The fourth-order valence-electron chi connectivity index (χ4n) is 6.16. The number of fused-ring (bicyclic) bond motifs is 1. The summed E-state index contributed by atoms with van der Waals surface area (Å²) in [7, 11) is -3.51. The molecule has 3 heterocycles. The lowest BCUT2D eigenvalue weighted by atomic mass is 10.0. The SMILES string of the molecule is CS(=O)(=O)c1cccc(CC(NC(=O)c2c(Cl)cc3c4c2ccn4CN(C(=O)c2ccc4ccoc4c2)C3)C(=O)OCc2ccccc2)c1. The van der Waals surface area contributed by atoms with Crippen LogP contribution in [0.25, 0.3) is 21.9 Å². The van der Waals surface area contributed by atoms with Crippen LogP contribution < -0.4 is 5.32 Å². The zero-order valence-electron chi connectivity index (χ0n) is 26.3. The monoisotopic (exact) mass is 695 g/mol. The molecular formula is C37H30ClN3O7S. The summed E-state index contributed by atoms with van der Waals surface area (Å²) in [5.41, 5.74) is 4.09. The minimum atomic E-state index is -3.51. The minimum Gasteiger partial charge on any atom is -0.464 e. The van der Waals surface area contributed by atoms with Crippen LogP contribution in [0.2, 0.25) is 5.02 Å². The fourth-order valence-corrected chi connectivity index (χ4v) is 7.17. The Morgan fingerprint density at radius 2 is 1.76 bits per heavy atom. The van der Waals surface area contributed by atoms with Gasteiger partial charge in [0.15, 0.2) is 9.84 Å². The maximum Gasteiger partial charge on any atom is 0.329 e. The van der Waals surface area contributed by atoms with Crippen LogP contribution in [0.4, 0.5) is 0 Å². The van der Waals surface area contributed by atoms with Crippen molar-refractivity contribution >= 4 is 61.1 Å². The van der Waals surface area contributed by atoms with Crippen molar-refractivity contribution in [2.24, 2.45) is 0 Å². The normalized spacial score (nSPS) is 13.4. The number of nitrogens with zero attached hydrogens (tertiary/aromatic N) is 2. The van der Waals surface area contributed by atoms with E-state index in [4.69, 9.17) is 20.8 Å². The van der Waals surface area contributed by atoms with Crippen LogP contribution in [0, 0.1) is 0 Å². The van der Waals surface area contributed by atoms with E-state index in [1.165, 1.54) is 12.1 Å². The predicted octanol–water partition coefficient (Wildman–Crippen LogP) is 6.14. The van der Waals surface area contributed by atoms with Gasteiger partial charge in [-0.25, -0.2) is 13.2 Å². The van der Waals surface area contributed by atoms with E-state index in [2.05, 4.69) is 5.32 Å². The number of ether oxygens (including phenoxy) is 1. The summed E-state index contributed by atoms with van der Waals surface area (Å²) in [5.74, 6) is -1.47. The first kappa shape index (κ1) is 32.2. The third kappa shape index (κ3) is 6.55. The van der Waals surface area contributed by atoms with Gasteiger partial charge < -0.3 is 23.9 Å². The number of carbonyl (C=O) groups is 3. The first-order valence-electron chi connectivity index (χ1n) is 15.4. The van der Waals surface area contributed by atoms with E-state index < -0.39 is 27.8 Å². The maximum atomic E-state index is 14.0. The number of nitrogens with one attached hydrogen (secondary N) is 1. The van der Waals surface area contributed by atoms with Crippen LogP contribution in [0.5, 0.6) is 0 Å². The number of amides is 2. The molecule has 0 saturated carbocycles. The molecule has 0 radical (unpaired) electrons. The molecule has 6 aromatic rings. The zero-order valence-corrected chi connectivity index (χ0v) is 27.8. The maximum absolute atomic E-state index is 14.0. The van der Waals surface area contributed by atoms with E-state index in [-0.39, 0.29) is 47.6 Å². The van der Waals surface area contributed by atoms with Crippen LogP contribution in [-0.2, 0) is 45.6 Å². The van der Waals surface area contributed by atoms with Gasteiger partial charge in [-0.2, -0.15) is 0 Å². The topological polar surface area (TPSA) is 128 Å². The molecule has 4 aromatic carbocycles. The van der Waals surface area contributed by atoms with Crippen molar-refractivity contribution in [3.63, 3.8) is 0 Å². The summed E-state index contributed by atoms with van der Waals surface area (Å²) in [6.07, 6.45) is 4.45. The van der Waals surface area contributed by atoms with Gasteiger partial charge in [0.25, 0.3) is 11.8 Å². The number of sulfone groups is 1. The highest BCUT2D eigenvalue weighted by molar-refractivity contribution is 7.90. The number of rotatable bonds is 9. The highest BCUT2D eigenvalue weighted by atomic mass is 35.5. The van der Waals surface area contributed by atoms with Crippen molar-refractivity contribution in [2.75, 3.05) is 6.26 Å². The molecule has 0 bridgehead atoms. The molecule has 0 spiro atoms. The molecule has 0 saturated heterocycles. The second-order valence-electron chi connectivity index (χ2n) is 12.0. The van der Waals surface area contributed by atoms with E-state index in [9.17, 15) is 22.8 Å². The molecular weight excluding hydrogens is 666 g/mol. The average Bonchev–Trinajstić information content (AvgIpc) is 3.74. The van der Waals surface area contributed by atoms with Crippen molar-refractivity contribution in [1.82, 2.24) is 14.8 Å². The van der Waals surface area contributed by atoms with Crippen LogP contribution in [-0.4, -0.2) is 48.0 Å². The average molecular weight is 696 g/mol. The third-order valence-electron chi connectivity index (χ3n) is 8.56. The van der Waals surface area contributed by atoms with Gasteiger partial charge in [-0.1, -0.05) is 60.1 Å².